The molecule has 1 heterocycles. The number of hydrogen-bond acceptors (Lipinski definition) is 3. The van der Waals surface area contributed by atoms with E-state index in [1.54, 1.807) is 0 Å². The van der Waals surface area contributed by atoms with Gasteiger partial charge in [-0.25, -0.2) is 4.98 Å². The van der Waals surface area contributed by atoms with Crippen LogP contribution in [0.5, 0.6) is 0 Å². The monoisotopic (exact) mass is 280 g/mol. The molecule has 0 radical (unpaired) electrons. The molecule has 1 aromatic heterocycles. The average molecular weight is 280 g/mol. The van der Waals surface area contributed by atoms with Gasteiger partial charge in [-0.3, -0.25) is 0 Å². The topological polar surface area (TPSA) is 24.9 Å². The third-order valence-electron chi connectivity index (χ3n) is 4.13. The highest BCUT2D eigenvalue weighted by molar-refractivity contribution is 7.09. The molecule has 3 heteroatoms. The van der Waals surface area contributed by atoms with Crippen LogP contribution in [0.15, 0.2) is 5.38 Å². The second kappa shape index (κ2) is 7.39. The van der Waals surface area contributed by atoms with Gasteiger partial charge in [0.1, 0.15) is 5.01 Å². The Balaban J connectivity index is 2.10. The van der Waals surface area contributed by atoms with Crippen molar-refractivity contribution in [1.29, 1.82) is 0 Å². The van der Waals surface area contributed by atoms with Gasteiger partial charge >= 0.3 is 0 Å². The Morgan fingerprint density at radius 3 is 2.63 bits per heavy atom. The van der Waals surface area contributed by atoms with E-state index in [1.807, 2.05) is 11.3 Å². The molecule has 19 heavy (non-hydrogen) atoms. The lowest BCUT2D eigenvalue weighted by Gasteiger charge is -2.29. The highest BCUT2D eigenvalue weighted by atomic mass is 32.1. The summed E-state index contributed by atoms with van der Waals surface area (Å²) in [6.45, 7) is 7.81. The zero-order valence-electron chi connectivity index (χ0n) is 12.6. The Morgan fingerprint density at radius 1 is 1.32 bits per heavy atom. The molecule has 0 bridgehead atoms. The van der Waals surface area contributed by atoms with Gasteiger partial charge in [0.2, 0.25) is 0 Å². The predicted molar refractivity (Wildman–Crippen MR) is 83.8 cm³/mol. The van der Waals surface area contributed by atoms with Crippen LogP contribution >= 0.6 is 11.3 Å². The van der Waals surface area contributed by atoms with Crippen molar-refractivity contribution >= 4 is 11.3 Å². The molecule has 1 atom stereocenters. The quantitative estimate of drug-likeness (QED) is 0.802. The van der Waals surface area contributed by atoms with Crippen LogP contribution in [0.2, 0.25) is 0 Å². The summed E-state index contributed by atoms with van der Waals surface area (Å²) in [7, 11) is 0. The Hall–Kier alpha value is -0.410. The van der Waals surface area contributed by atoms with E-state index in [0.29, 0.717) is 12.0 Å². The standard InChI is InChI=1S/C16H28N2S/c1-4-10-17-15(13-8-6-5-7-9-13)16-18-14(11-19-16)12(2)3/h11-13,15,17H,4-10H2,1-3H3. The van der Waals surface area contributed by atoms with Crippen LogP contribution in [-0.4, -0.2) is 11.5 Å². The predicted octanol–water partition coefficient (Wildman–Crippen LogP) is 4.89. The van der Waals surface area contributed by atoms with E-state index in [2.05, 4.69) is 31.5 Å². The molecule has 0 saturated heterocycles. The van der Waals surface area contributed by atoms with Crippen LogP contribution in [0.3, 0.4) is 0 Å². The van der Waals surface area contributed by atoms with Gasteiger partial charge in [-0.1, -0.05) is 40.0 Å². The molecular weight excluding hydrogens is 252 g/mol. The molecule has 0 aromatic carbocycles. The molecule has 2 nitrogen and oxygen atoms in total. The van der Waals surface area contributed by atoms with Gasteiger partial charge in [-0.05, 0) is 37.6 Å². The van der Waals surface area contributed by atoms with Gasteiger partial charge in [0.25, 0.3) is 0 Å². The normalized spacial score (nSPS) is 18.9. The van der Waals surface area contributed by atoms with Crippen molar-refractivity contribution < 1.29 is 0 Å². The van der Waals surface area contributed by atoms with Crippen molar-refractivity contribution in [3.05, 3.63) is 16.1 Å². The van der Waals surface area contributed by atoms with E-state index in [0.717, 1.165) is 12.5 Å². The number of nitrogens with zero attached hydrogens (tertiary/aromatic N) is 1. The minimum atomic E-state index is 0.498. The fraction of sp³-hybridized carbons (Fsp3) is 0.812. The minimum absolute atomic E-state index is 0.498. The Labute approximate surface area is 122 Å². The third-order valence-corrected chi connectivity index (χ3v) is 5.08. The van der Waals surface area contributed by atoms with E-state index >= 15 is 0 Å². The first-order chi connectivity index (χ1) is 9.22. The summed E-state index contributed by atoms with van der Waals surface area (Å²) in [5.74, 6) is 1.34. The maximum absolute atomic E-state index is 4.89. The number of hydrogen-bond donors (Lipinski definition) is 1. The molecule has 0 aliphatic heterocycles. The zero-order valence-corrected chi connectivity index (χ0v) is 13.4. The molecule has 0 amide bonds. The van der Waals surface area contributed by atoms with E-state index in [4.69, 9.17) is 4.98 Å². The van der Waals surface area contributed by atoms with Crippen LogP contribution in [0.1, 0.15) is 82.0 Å². The number of aromatic nitrogens is 1. The molecule has 1 aromatic rings. The maximum Gasteiger partial charge on any atom is 0.110 e. The number of rotatable bonds is 6. The highest BCUT2D eigenvalue weighted by Crippen LogP contribution is 2.36. The van der Waals surface area contributed by atoms with Crippen molar-refractivity contribution in [3.8, 4) is 0 Å². The van der Waals surface area contributed by atoms with Crippen molar-refractivity contribution in [2.75, 3.05) is 6.54 Å². The summed E-state index contributed by atoms with van der Waals surface area (Å²) >= 11 is 1.86. The van der Waals surface area contributed by atoms with Gasteiger partial charge in [0.15, 0.2) is 0 Å². The molecule has 1 saturated carbocycles. The summed E-state index contributed by atoms with van der Waals surface area (Å²) in [4.78, 5) is 4.89. The van der Waals surface area contributed by atoms with E-state index in [9.17, 15) is 0 Å². The number of thiazole rings is 1. The molecule has 1 unspecified atom stereocenters. The molecular formula is C16H28N2S. The SMILES string of the molecule is CCCNC(c1nc(C(C)C)cs1)C1CCCCC1. The van der Waals surface area contributed by atoms with Gasteiger partial charge in [0, 0.05) is 5.38 Å². The van der Waals surface area contributed by atoms with E-state index in [-0.39, 0.29) is 0 Å². The summed E-state index contributed by atoms with van der Waals surface area (Å²) < 4.78 is 0. The zero-order chi connectivity index (χ0) is 13.7. The Kier molecular flexibility index (Phi) is 5.83. The van der Waals surface area contributed by atoms with Gasteiger partial charge in [0.05, 0.1) is 11.7 Å². The second-order valence-electron chi connectivity index (χ2n) is 6.10. The molecule has 1 aliphatic rings. The van der Waals surface area contributed by atoms with Gasteiger partial charge in [-0.15, -0.1) is 11.3 Å². The summed E-state index contributed by atoms with van der Waals surface area (Å²) in [6.07, 6.45) is 8.17. The van der Waals surface area contributed by atoms with Crippen molar-refractivity contribution in [2.45, 2.75) is 71.3 Å². The summed E-state index contributed by atoms with van der Waals surface area (Å²) in [5, 5.41) is 7.33. The average Bonchev–Trinajstić information content (AvgIpc) is 2.90. The Bertz CT molecular complexity index is 367. The van der Waals surface area contributed by atoms with Crippen LogP contribution in [0.25, 0.3) is 0 Å². The first-order valence-electron chi connectivity index (χ1n) is 7.91. The van der Waals surface area contributed by atoms with Crippen LogP contribution in [-0.2, 0) is 0 Å². The van der Waals surface area contributed by atoms with Crippen LogP contribution in [0.4, 0.5) is 0 Å². The highest BCUT2D eigenvalue weighted by Gasteiger charge is 2.27. The molecule has 1 fully saturated rings. The first-order valence-corrected chi connectivity index (χ1v) is 8.79. The summed E-state index contributed by atoms with van der Waals surface area (Å²) in [6, 6.07) is 0.498. The molecule has 2 rings (SSSR count). The van der Waals surface area contributed by atoms with Crippen molar-refractivity contribution in [1.82, 2.24) is 10.3 Å². The molecule has 108 valence electrons. The summed E-state index contributed by atoms with van der Waals surface area (Å²) in [5.41, 5.74) is 1.26. The van der Waals surface area contributed by atoms with Crippen LogP contribution in [0, 0.1) is 5.92 Å². The molecule has 1 aliphatic carbocycles. The lowest BCUT2D eigenvalue weighted by molar-refractivity contribution is 0.271. The van der Waals surface area contributed by atoms with Crippen molar-refractivity contribution in [3.63, 3.8) is 0 Å². The lowest BCUT2D eigenvalue weighted by atomic mass is 9.84. The Morgan fingerprint density at radius 2 is 2.05 bits per heavy atom. The first kappa shape index (κ1) is 15.0. The van der Waals surface area contributed by atoms with E-state index < -0.39 is 0 Å². The second-order valence-corrected chi connectivity index (χ2v) is 6.98. The smallest absolute Gasteiger partial charge is 0.110 e. The van der Waals surface area contributed by atoms with Crippen molar-refractivity contribution in [2.24, 2.45) is 5.92 Å². The van der Waals surface area contributed by atoms with Gasteiger partial charge < -0.3 is 5.32 Å². The fourth-order valence-electron chi connectivity index (χ4n) is 2.93. The van der Waals surface area contributed by atoms with Crippen LogP contribution < -0.4 is 5.32 Å². The maximum atomic E-state index is 4.89. The fourth-order valence-corrected chi connectivity index (χ4v) is 4.08. The third kappa shape index (κ3) is 4.03. The molecule has 1 N–H and O–H groups in total. The number of nitrogens with one attached hydrogen (secondary N) is 1. The lowest BCUT2D eigenvalue weighted by Crippen LogP contribution is -2.30. The van der Waals surface area contributed by atoms with E-state index in [1.165, 1.54) is 49.2 Å². The molecule has 0 spiro atoms. The van der Waals surface area contributed by atoms with Gasteiger partial charge in [-0.2, -0.15) is 0 Å². The largest absolute Gasteiger partial charge is 0.308 e. The minimum Gasteiger partial charge on any atom is -0.308 e.